The van der Waals surface area contributed by atoms with Crippen molar-refractivity contribution in [2.24, 2.45) is 35.5 Å². The van der Waals surface area contributed by atoms with Crippen molar-refractivity contribution in [3.63, 3.8) is 0 Å². The van der Waals surface area contributed by atoms with E-state index in [-0.39, 0.29) is 129 Å². The van der Waals surface area contributed by atoms with Gasteiger partial charge in [-0.25, -0.2) is 43.9 Å². The predicted octanol–water partition coefficient (Wildman–Crippen LogP) is 9.51. The second-order valence-electron chi connectivity index (χ2n) is 30.2. The summed E-state index contributed by atoms with van der Waals surface area (Å²) in [6.45, 7) is 33.9. The highest BCUT2D eigenvalue weighted by Crippen LogP contribution is 2.61. The van der Waals surface area contributed by atoms with Crippen molar-refractivity contribution in [2.45, 2.75) is 219 Å². The number of carbonyl (C=O) groups is 3. The second kappa shape index (κ2) is 35.8. The van der Waals surface area contributed by atoms with E-state index in [0.29, 0.717) is 59.7 Å². The van der Waals surface area contributed by atoms with E-state index in [0.717, 1.165) is 0 Å². The highest BCUT2D eigenvalue weighted by Gasteiger charge is 2.63. The lowest BCUT2D eigenvalue weighted by molar-refractivity contribution is -0.149. The van der Waals surface area contributed by atoms with Gasteiger partial charge in [0.05, 0.1) is 94.5 Å². The van der Waals surface area contributed by atoms with Crippen LogP contribution in [-0.4, -0.2) is 205 Å². The number of anilines is 3. The maximum absolute atomic E-state index is 13.7. The molecule has 39 nitrogen and oxygen atoms in total. The van der Waals surface area contributed by atoms with Crippen molar-refractivity contribution in [1.82, 2.24) is 73.8 Å². The van der Waals surface area contributed by atoms with Gasteiger partial charge in [0.15, 0.2) is 52.2 Å². The summed E-state index contributed by atoms with van der Waals surface area (Å²) in [6.07, 6.45) is -1.54. The molecule has 6 aliphatic heterocycles. The fourth-order valence-electron chi connectivity index (χ4n) is 12.9. The van der Waals surface area contributed by atoms with Crippen molar-refractivity contribution in [3.05, 3.63) is 19.0 Å². The fourth-order valence-corrected chi connectivity index (χ4v) is 19.8. The van der Waals surface area contributed by atoms with E-state index < -0.39 is 111 Å². The van der Waals surface area contributed by atoms with Crippen molar-refractivity contribution >= 4 is 127 Å². The van der Waals surface area contributed by atoms with Crippen LogP contribution in [0, 0.1) is 35.5 Å². The van der Waals surface area contributed by atoms with Crippen LogP contribution in [0.3, 0.4) is 0 Å². The van der Waals surface area contributed by atoms with E-state index in [1.165, 1.54) is 19.0 Å². The Morgan fingerprint density at radius 3 is 1.04 bits per heavy atom. The van der Waals surface area contributed by atoms with Crippen LogP contribution >= 0.6 is 58.0 Å². The number of ether oxygens (including phenoxy) is 9. The predicted molar refractivity (Wildman–Crippen MR) is 410 cm³/mol. The zero-order valence-corrected chi connectivity index (χ0v) is 70.8. The standard InChI is InChI=1S/C23H36ClN6O7P.2C22H34ClN6O7P/c1-7-33-19-16-18(27-22(25)28-19)30(11-26-16)21-23(6,24)17-15(36-21)10-35-38(32,37-17)29-14(8-12(2)3)9-34-20(31)13(4)5;2*1-7-32-18-15-17(26-21(24)27-18)29(10-25-15)20-22(6,23)16-14(35-20)9-34-37(31,36-16)28-13(11(2)3)8-33-19(30)12(4)5/h11-15,17,21H,7-10H2,1-6H3,(H,29,32)(H2,25,27,28);2*10-14,16,20H,7-9H2,1-6H3,(H,28,31)(H2,24,26,27)/t14-,15+,17+,21+,23+,38-;13?,14-,16-,20-,22-,37?;13-,14+,16+,20+,22+,37?/m010/s1. The minimum Gasteiger partial charge on any atom is -0.476 e. The molecule has 9 N–H and O–H groups in total. The molecule has 3 unspecified atom stereocenters. The maximum Gasteiger partial charge on any atom is 0.406 e. The van der Waals surface area contributed by atoms with Gasteiger partial charge in [0.2, 0.25) is 35.5 Å². The number of alkyl halides is 3. The van der Waals surface area contributed by atoms with Gasteiger partial charge in [0.25, 0.3) is 0 Å². The first-order chi connectivity index (χ1) is 52.6. The van der Waals surface area contributed by atoms with Crippen LogP contribution in [0.15, 0.2) is 19.0 Å². The Labute approximate surface area is 663 Å². The summed E-state index contributed by atoms with van der Waals surface area (Å²) in [5.41, 5.74) is 20.0. The van der Waals surface area contributed by atoms with Gasteiger partial charge in [-0.05, 0) is 65.7 Å². The number of carbonyl (C=O) groups excluding carboxylic acids is 3. The summed E-state index contributed by atoms with van der Waals surface area (Å²) in [7, 11) is -11.5. The SMILES string of the molecule is CCOc1nc(N)nc2c1ncn2[C@@H]1O[C@@H]2COP(=O)(NC(COC(=O)C(C)C)C(C)C)O[C@H]2[C@@]1(C)Cl.CCOc1nc(N)nc2c1ncn2[C@@H]1O[C@@H]2COP(=O)(N[C@@H](COC(=O)C(C)C)C(C)C)O[C@H]2[C@@]1(C)Cl.CCOc1nc(N)nc2c1ncn2[C@@H]1O[C@@H]2CO[P@@](=O)(N[C@H](COC(=O)C(C)C)CC(C)C)O[C@H]2[C@@]1(C)Cl. The summed E-state index contributed by atoms with van der Waals surface area (Å²) >= 11 is 21.1. The van der Waals surface area contributed by atoms with Crippen molar-refractivity contribution in [2.75, 3.05) is 76.7 Å². The van der Waals surface area contributed by atoms with Gasteiger partial charge in [0.1, 0.15) is 71.1 Å². The Morgan fingerprint density at radius 2 is 0.768 bits per heavy atom. The Morgan fingerprint density at radius 1 is 0.482 bits per heavy atom. The molecule has 12 rings (SSSR count). The summed E-state index contributed by atoms with van der Waals surface area (Å²) in [6, 6.07) is -1.40. The number of rotatable bonds is 28. The third-order valence-electron chi connectivity index (χ3n) is 18.9. The molecule has 0 amide bonds. The minimum absolute atomic E-state index is 0.00979. The van der Waals surface area contributed by atoms with E-state index in [9.17, 15) is 28.1 Å². The van der Waals surface area contributed by atoms with Gasteiger partial charge < -0.3 is 59.8 Å². The van der Waals surface area contributed by atoms with E-state index in [2.05, 4.69) is 60.1 Å². The molecule has 18 atom stereocenters. The summed E-state index contributed by atoms with van der Waals surface area (Å²) in [4.78, 5) is 70.7. The first-order valence-electron chi connectivity index (χ1n) is 37.1. The Bertz CT molecular complexity index is 4280. The average Bonchev–Trinajstić information content (AvgIpc) is 1.59. The smallest absolute Gasteiger partial charge is 0.406 e. The molecular weight excluding hydrogens is 1590 g/mol. The maximum atomic E-state index is 13.7. The molecule has 0 bridgehead atoms. The number of imidazole rings is 3. The summed E-state index contributed by atoms with van der Waals surface area (Å²) in [5.74, 6) is -0.909. The van der Waals surface area contributed by atoms with E-state index in [4.69, 9.17) is 122 Å². The van der Waals surface area contributed by atoms with Crippen LogP contribution in [0.1, 0.15) is 150 Å². The molecule has 6 aliphatic rings. The Hall–Kier alpha value is -6.06. The van der Waals surface area contributed by atoms with Gasteiger partial charge in [-0.1, -0.05) is 83.1 Å². The molecule has 0 saturated carbocycles. The number of halogens is 3. The molecule has 6 saturated heterocycles. The summed E-state index contributed by atoms with van der Waals surface area (Å²) < 4.78 is 132. The normalized spacial score (nSPS) is 30.4. The van der Waals surface area contributed by atoms with Crippen LogP contribution in [0.5, 0.6) is 17.6 Å². The third-order valence-corrected chi connectivity index (χ3v) is 25.0. The number of esters is 3. The number of hydrogen-bond acceptors (Lipinski definition) is 33. The van der Waals surface area contributed by atoms with E-state index in [1.807, 2.05) is 62.3 Å². The number of nitrogens with two attached hydrogens (primary N) is 3. The van der Waals surface area contributed by atoms with Crippen molar-refractivity contribution in [3.8, 4) is 17.6 Å². The average molecular weight is 1700 g/mol. The molecular formula is C67H104Cl3N18O21P3. The topological polar surface area (TPSA) is 486 Å². The third kappa shape index (κ3) is 19.6. The quantitative estimate of drug-likeness (QED) is 0.0115. The van der Waals surface area contributed by atoms with Crippen LogP contribution in [0.25, 0.3) is 33.5 Å². The number of fused-ring (bicyclic) bond motifs is 6. The van der Waals surface area contributed by atoms with E-state index >= 15 is 0 Å². The molecule has 12 heterocycles. The van der Waals surface area contributed by atoms with Gasteiger partial charge in [0, 0.05) is 0 Å². The van der Waals surface area contributed by atoms with E-state index in [1.54, 1.807) is 76.0 Å². The molecule has 45 heteroatoms. The molecule has 0 aliphatic carbocycles. The summed E-state index contributed by atoms with van der Waals surface area (Å²) in [5, 5.41) is 8.83. The lowest BCUT2D eigenvalue weighted by Gasteiger charge is -2.37. The molecule has 6 aromatic rings. The first kappa shape index (κ1) is 88.3. The lowest BCUT2D eigenvalue weighted by atomic mass is 10.0. The monoisotopic (exact) mass is 1690 g/mol. The number of nitrogens with one attached hydrogen (secondary N) is 3. The highest BCUT2D eigenvalue weighted by atomic mass is 35.5. The zero-order chi connectivity index (χ0) is 82.1. The van der Waals surface area contributed by atoms with Crippen LogP contribution in [0.4, 0.5) is 17.8 Å². The second-order valence-corrected chi connectivity index (χ2v) is 37.8. The van der Waals surface area contributed by atoms with Gasteiger partial charge in [-0.3, -0.25) is 55.2 Å². The fraction of sp³-hybridized carbons (Fsp3) is 0.731. The molecule has 6 fully saturated rings. The lowest BCUT2D eigenvalue weighted by Crippen LogP contribution is -2.47. The van der Waals surface area contributed by atoms with Crippen molar-refractivity contribution in [1.29, 1.82) is 0 Å². The minimum atomic E-state index is -3.83. The van der Waals surface area contributed by atoms with Crippen molar-refractivity contribution < 1.29 is 97.9 Å². The molecule has 624 valence electrons. The molecule has 112 heavy (non-hydrogen) atoms. The van der Waals surface area contributed by atoms with Gasteiger partial charge in [-0.15, -0.1) is 34.8 Å². The molecule has 0 aromatic carbocycles. The number of nitrogens with zero attached hydrogens (tertiary/aromatic N) is 12. The zero-order valence-electron chi connectivity index (χ0n) is 65.8. The number of hydrogen-bond donors (Lipinski definition) is 6. The molecule has 6 aromatic heterocycles. The number of aromatic nitrogens is 12. The van der Waals surface area contributed by atoms with Crippen LogP contribution < -0.4 is 46.7 Å². The number of nitrogen functional groups attached to an aromatic ring is 3. The Balaban J connectivity index is 0.000000178. The first-order valence-corrected chi connectivity index (χ1v) is 42.9. The molecule has 0 radical (unpaired) electrons. The van der Waals surface area contributed by atoms with Crippen LogP contribution in [-0.2, 0) is 83.6 Å². The Kier molecular flexibility index (Phi) is 28.2. The van der Waals surface area contributed by atoms with Crippen LogP contribution in [0.2, 0.25) is 0 Å². The van der Waals surface area contributed by atoms with Gasteiger partial charge >= 0.3 is 41.1 Å². The highest BCUT2D eigenvalue weighted by molar-refractivity contribution is 7.52. The largest absolute Gasteiger partial charge is 0.476 e. The van der Waals surface area contributed by atoms with Gasteiger partial charge in [-0.2, -0.15) is 29.9 Å². The molecule has 0 spiro atoms.